The van der Waals surface area contributed by atoms with Gasteiger partial charge in [-0.15, -0.1) is 0 Å². The van der Waals surface area contributed by atoms with Crippen LogP contribution in [0.1, 0.15) is 18.4 Å². The van der Waals surface area contributed by atoms with E-state index in [4.69, 9.17) is 10.00 Å². The van der Waals surface area contributed by atoms with E-state index >= 15 is 0 Å². The molecule has 0 aliphatic heterocycles. The summed E-state index contributed by atoms with van der Waals surface area (Å²) in [4.78, 5) is 0. The molecule has 0 unspecified atom stereocenters. The Morgan fingerprint density at radius 1 is 1.33 bits per heavy atom. The molecule has 2 rings (SSSR count). The molecule has 5 heteroatoms. The van der Waals surface area contributed by atoms with Gasteiger partial charge in [-0.25, -0.2) is 8.42 Å². The molecule has 96 valence electrons. The average Bonchev–Trinajstić information content (AvgIpc) is 3.14. The lowest BCUT2D eigenvalue weighted by molar-refractivity contribution is 0.414. The Hall–Kier alpha value is -1.54. The first-order valence-corrected chi connectivity index (χ1v) is 7.51. The highest BCUT2D eigenvalue weighted by Gasteiger charge is 2.58. The summed E-state index contributed by atoms with van der Waals surface area (Å²) in [5.41, 5.74) is 0.893. The molecule has 18 heavy (non-hydrogen) atoms. The molecular formula is C13H15NO3S. The van der Waals surface area contributed by atoms with Crippen LogP contribution < -0.4 is 4.74 Å². The third kappa shape index (κ3) is 2.08. The normalized spacial score (nSPS) is 26.4. The second-order valence-electron chi connectivity index (χ2n) is 4.37. The van der Waals surface area contributed by atoms with E-state index in [1.54, 1.807) is 26.2 Å². The topological polar surface area (TPSA) is 67.2 Å². The van der Waals surface area contributed by atoms with E-state index in [0.717, 1.165) is 11.3 Å². The molecule has 0 N–H and O–H groups in total. The second kappa shape index (κ2) is 4.62. The number of methoxy groups -OCH3 is 1. The van der Waals surface area contributed by atoms with Gasteiger partial charge in [0.1, 0.15) is 5.75 Å². The van der Waals surface area contributed by atoms with E-state index in [1.165, 1.54) is 0 Å². The van der Waals surface area contributed by atoms with Crippen molar-refractivity contribution in [2.45, 2.75) is 18.1 Å². The van der Waals surface area contributed by atoms with Crippen molar-refractivity contribution in [3.05, 3.63) is 29.8 Å². The number of rotatable bonds is 4. The van der Waals surface area contributed by atoms with Gasteiger partial charge in [0, 0.05) is 11.7 Å². The van der Waals surface area contributed by atoms with E-state index in [0.29, 0.717) is 0 Å². The Morgan fingerprint density at radius 2 is 1.94 bits per heavy atom. The maximum Gasteiger partial charge on any atom is 0.154 e. The van der Waals surface area contributed by atoms with E-state index in [2.05, 4.69) is 6.07 Å². The highest BCUT2D eigenvalue weighted by molar-refractivity contribution is 7.92. The molecule has 0 heterocycles. The van der Waals surface area contributed by atoms with E-state index in [1.807, 2.05) is 12.1 Å². The molecule has 0 saturated heterocycles. The van der Waals surface area contributed by atoms with Gasteiger partial charge in [-0.3, -0.25) is 0 Å². The third-order valence-electron chi connectivity index (χ3n) is 3.42. The highest BCUT2D eigenvalue weighted by atomic mass is 32.2. The second-order valence-corrected chi connectivity index (χ2v) is 6.82. The van der Waals surface area contributed by atoms with Crippen molar-refractivity contribution < 1.29 is 13.2 Å². The van der Waals surface area contributed by atoms with Gasteiger partial charge in [-0.1, -0.05) is 19.1 Å². The largest absolute Gasteiger partial charge is 0.497 e. The lowest BCUT2D eigenvalue weighted by atomic mass is 10.1. The molecule has 1 saturated carbocycles. The maximum atomic E-state index is 11.9. The van der Waals surface area contributed by atoms with Crippen LogP contribution >= 0.6 is 0 Å². The minimum absolute atomic E-state index is 0.0858. The molecule has 1 fully saturated rings. The SMILES string of the molecule is CCS(=O)(=O)[C@H]1[C@H](C#N)[C@@H]1c1ccc(OC)cc1. The van der Waals surface area contributed by atoms with Gasteiger partial charge in [-0.05, 0) is 17.7 Å². The van der Waals surface area contributed by atoms with Crippen LogP contribution in [-0.4, -0.2) is 26.5 Å². The van der Waals surface area contributed by atoms with Gasteiger partial charge < -0.3 is 4.74 Å². The monoisotopic (exact) mass is 265 g/mol. The molecule has 0 spiro atoms. The van der Waals surface area contributed by atoms with E-state index in [9.17, 15) is 8.42 Å². The third-order valence-corrected chi connectivity index (χ3v) is 5.64. The highest BCUT2D eigenvalue weighted by Crippen LogP contribution is 2.52. The zero-order chi connectivity index (χ0) is 13.3. The van der Waals surface area contributed by atoms with Crippen molar-refractivity contribution in [2.24, 2.45) is 5.92 Å². The first-order chi connectivity index (χ1) is 8.55. The minimum Gasteiger partial charge on any atom is -0.497 e. The Labute approximate surface area is 107 Å². The Bertz CT molecular complexity index is 571. The molecule has 0 amide bonds. The number of hydrogen-bond donors (Lipinski definition) is 0. The summed E-state index contributed by atoms with van der Waals surface area (Å²) in [6, 6.07) is 9.34. The number of sulfone groups is 1. The van der Waals surface area contributed by atoms with E-state index in [-0.39, 0.29) is 11.7 Å². The maximum absolute atomic E-state index is 11.9. The zero-order valence-corrected chi connectivity index (χ0v) is 11.1. The summed E-state index contributed by atoms with van der Waals surface area (Å²) in [5.74, 6) is 0.208. The molecule has 4 nitrogen and oxygen atoms in total. The fraction of sp³-hybridized carbons (Fsp3) is 0.462. The zero-order valence-electron chi connectivity index (χ0n) is 10.3. The van der Waals surface area contributed by atoms with Gasteiger partial charge in [0.15, 0.2) is 9.84 Å². The number of benzene rings is 1. The predicted octanol–water partition coefficient (Wildman–Crippen LogP) is 1.74. The first kappa shape index (κ1) is 12.9. The predicted molar refractivity (Wildman–Crippen MR) is 68.1 cm³/mol. The fourth-order valence-corrected chi connectivity index (χ4v) is 4.04. The van der Waals surface area contributed by atoms with Crippen LogP contribution in [0.25, 0.3) is 0 Å². The van der Waals surface area contributed by atoms with Crippen molar-refractivity contribution in [1.29, 1.82) is 5.26 Å². The van der Waals surface area contributed by atoms with Gasteiger partial charge >= 0.3 is 0 Å². The standard InChI is InChI=1S/C13H15NO3S/c1-3-18(15,16)13-11(8-14)12(13)9-4-6-10(17-2)7-5-9/h4-7,11-13H,3H2,1-2H3/t11-,12+,13+/m1/s1. The van der Waals surface area contributed by atoms with Crippen LogP contribution in [0.5, 0.6) is 5.75 Å². The lowest BCUT2D eigenvalue weighted by Crippen LogP contribution is -2.12. The van der Waals surface area contributed by atoms with Gasteiger partial charge in [0.25, 0.3) is 0 Å². The van der Waals surface area contributed by atoms with Crippen molar-refractivity contribution in [3.8, 4) is 11.8 Å². The smallest absolute Gasteiger partial charge is 0.154 e. The van der Waals surface area contributed by atoms with Crippen LogP contribution in [-0.2, 0) is 9.84 Å². The number of ether oxygens (including phenoxy) is 1. The molecule has 0 bridgehead atoms. The average molecular weight is 265 g/mol. The minimum atomic E-state index is -3.15. The quantitative estimate of drug-likeness (QED) is 0.831. The first-order valence-electron chi connectivity index (χ1n) is 5.80. The summed E-state index contributed by atoms with van der Waals surface area (Å²) < 4.78 is 28.8. The molecular weight excluding hydrogens is 250 g/mol. The summed E-state index contributed by atoms with van der Waals surface area (Å²) in [5, 5.41) is 8.49. The number of nitrogens with zero attached hydrogens (tertiary/aromatic N) is 1. The van der Waals surface area contributed by atoms with Crippen LogP contribution in [0.4, 0.5) is 0 Å². The van der Waals surface area contributed by atoms with Crippen molar-refractivity contribution in [1.82, 2.24) is 0 Å². The van der Waals surface area contributed by atoms with Gasteiger partial charge in [0.2, 0.25) is 0 Å². The van der Waals surface area contributed by atoms with Gasteiger partial charge in [0.05, 0.1) is 24.3 Å². The Morgan fingerprint density at radius 3 is 2.39 bits per heavy atom. The molecule has 1 aliphatic rings. The molecule has 0 radical (unpaired) electrons. The lowest BCUT2D eigenvalue weighted by Gasteiger charge is -2.02. The van der Waals surface area contributed by atoms with Gasteiger partial charge in [-0.2, -0.15) is 5.26 Å². The summed E-state index contributed by atoms with van der Waals surface area (Å²) in [7, 11) is -1.58. The summed E-state index contributed by atoms with van der Waals surface area (Å²) in [6.07, 6.45) is 0. The molecule has 1 aliphatic carbocycles. The number of nitriles is 1. The summed E-state index contributed by atoms with van der Waals surface area (Å²) >= 11 is 0. The van der Waals surface area contributed by atoms with Crippen LogP contribution in [0, 0.1) is 17.2 Å². The molecule has 3 atom stereocenters. The van der Waals surface area contributed by atoms with Crippen LogP contribution in [0.3, 0.4) is 0 Å². The Balaban J connectivity index is 2.27. The van der Waals surface area contributed by atoms with Crippen molar-refractivity contribution in [2.75, 3.05) is 12.9 Å². The number of hydrogen-bond acceptors (Lipinski definition) is 4. The van der Waals surface area contributed by atoms with Crippen molar-refractivity contribution in [3.63, 3.8) is 0 Å². The van der Waals surface area contributed by atoms with Crippen molar-refractivity contribution >= 4 is 9.84 Å². The Kier molecular flexibility index (Phi) is 3.31. The van der Waals surface area contributed by atoms with Crippen LogP contribution in [0.2, 0.25) is 0 Å². The molecule has 1 aromatic carbocycles. The molecule has 1 aromatic rings. The molecule has 0 aromatic heterocycles. The van der Waals surface area contributed by atoms with Crippen LogP contribution in [0.15, 0.2) is 24.3 Å². The summed E-state index contributed by atoms with van der Waals surface area (Å²) in [6.45, 7) is 1.62. The fourth-order valence-electron chi connectivity index (χ4n) is 2.30. The van der Waals surface area contributed by atoms with E-state index < -0.39 is 21.0 Å².